The number of nitrogens with one attached hydrogen (secondary N) is 2. The number of hydrogen-bond acceptors (Lipinski definition) is 5. The molecule has 8 heteroatoms. The van der Waals surface area contributed by atoms with Crippen LogP contribution in [-0.4, -0.2) is 35.7 Å². The lowest BCUT2D eigenvalue weighted by Crippen LogP contribution is -2.22. The Balaban J connectivity index is 2.12. The molecule has 0 saturated heterocycles. The van der Waals surface area contributed by atoms with Crippen LogP contribution < -0.4 is 10.5 Å². The summed E-state index contributed by atoms with van der Waals surface area (Å²) in [4.78, 5) is 11.0. The fraction of sp³-hybridized carbons (Fsp3) is 0.250. The van der Waals surface area contributed by atoms with Gasteiger partial charge in [-0.2, -0.15) is 0 Å². The van der Waals surface area contributed by atoms with Crippen LogP contribution in [0.15, 0.2) is 18.6 Å². The average Bonchev–Trinajstić information content (AvgIpc) is 2.64. The van der Waals surface area contributed by atoms with Gasteiger partial charge in [0.25, 0.3) is 0 Å². The summed E-state index contributed by atoms with van der Waals surface area (Å²) in [6.07, 6.45) is 3.14. The minimum atomic E-state index is -3.45. The monoisotopic (exact) mass is 241 g/mol. The standard InChI is InChI=1S/C8H11N5O2S/c9-16(14,15)4-3-11-8-6-1-2-10-7(6)12-5-13-8/h1-2,5H,3-4H2,(H2,9,14,15)(H2,10,11,12,13). The van der Waals surface area contributed by atoms with E-state index >= 15 is 0 Å². The molecule has 0 radical (unpaired) electrons. The smallest absolute Gasteiger partial charge is 0.210 e. The van der Waals surface area contributed by atoms with Crippen molar-refractivity contribution in [2.24, 2.45) is 5.14 Å². The summed E-state index contributed by atoms with van der Waals surface area (Å²) < 4.78 is 21.5. The molecule has 0 aliphatic heterocycles. The fourth-order valence-corrected chi connectivity index (χ4v) is 1.71. The molecule has 2 aromatic rings. The van der Waals surface area contributed by atoms with Gasteiger partial charge in [0.05, 0.1) is 11.1 Å². The lowest BCUT2D eigenvalue weighted by molar-refractivity contribution is 0.598. The third-order valence-electron chi connectivity index (χ3n) is 2.03. The van der Waals surface area contributed by atoms with Gasteiger partial charge >= 0.3 is 0 Å². The van der Waals surface area contributed by atoms with Crippen LogP contribution in [0.1, 0.15) is 0 Å². The number of H-pyrrole nitrogens is 1. The third-order valence-corrected chi connectivity index (χ3v) is 2.81. The highest BCUT2D eigenvalue weighted by Crippen LogP contribution is 2.16. The zero-order valence-electron chi connectivity index (χ0n) is 8.34. The van der Waals surface area contributed by atoms with Crippen molar-refractivity contribution in [2.45, 2.75) is 0 Å². The summed E-state index contributed by atoms with van der Waals surface area (Å²) in [7, 11) is -3.45. The molecule has 0 bridgehead atoms. The lowest BCUT2D eigenvalue weighted by atomic mass is 10.4. The maximum Gasteiger partial charge on any atom is 0.210 e. The van der Waals surface area contributed by atoms with Crippen molar-refractivity contribution >= 4 is 26.9 Å². The van der Waals surface area contributed by atoms with Crippen molar-refractivity contribution < 1.29 is 8.42 Å². The van der Waals surface area contributed by atoms with E-state index in [1.807, 2.05) is 6.07 Å². The van der Waals surface area contributed by atoms with Crippen molar-refractivity contribution in [3.8, 4) is 0 Å². The Morgan fingerprint density at radius 2 is 2.25 bits per heavy atom. The third kappa shape index (κ3) is 2.47. The van der Waals surface area contributed by atoms with Gasteiger partial charge in [0.2, 0.25) is 10.0 Å². The molecule has 0 amide bonds. The van der Waals surface area contributed by atoms with Crippen LogP contribution in [0.2, 0.25) is 0 Å². The molecule has 0 fully saturated rings. The number of nitrogens with two attached hydrogens (primary N) is 1. The molecule has 0 aliphatic carbocycles. The molecule has 0 aromatic carbocycles. The molecule has 16 heavy (non-hydrogen) atoms. The zero-order valence-corrected chi connectivity index (χ0v) is 9.16. The minimum Gasteiger partial charge on any atom is -0.368 e. The number of primary sulfonamides is 1. The van der Waals surface area contributed by atoms with E-state index in [9.17, 15) is 8.42 Å². The molecule has 86 valence electrons. The molecule has 2 rings (SSSR count). The lowest BCUT2D eigenvalue weighted by Gasteiger charge is -2.04. The summed E-state index contributed by atoms with van der Waals surface area (Å²) in [6.45, 7) is 0.218. The first-order valence-electron chi connectivity index (χ1n) is 4.59. The molecule has 2 aromatic heterocycles. The number of nitrogens with zero attached hydrogens (tertiary/aromatic N) is 2. The van der Waals surface area contributed by atoms with Crippen LogP contribution in [0.3, 0.4) is 0 Å². The molecule has 0 aliphatic rings. The first kappa shape index (κ1) is 10.8. The number of hydrogen-bond donors (Lipinski definition) is 3. The summed E-state index contributed by atoms with van der Waals surface area (Å²) in [5.74, 6) is 0.457. The van der Waals surface area contributed by atoms with Crippen LogP contribution in [0.4, 0.5) is 5.82 Å². The van der Waals surface area contributed by atoms with Crippen molar-refractivity contribution in [2.75, 3.05) is 17.6 Å². The predicted molar refractivity (Wildman–Crippen MR) is 60.4 cm³/mol. The number of aromatic nitrogens is 3. The maximum atomic E-state index is 10.7. The van der Waals surface area contributed by atoms with E-state index < -0.39 is 10.0 Å². The number of anilines is 1. The van der Waals surface area contributed by atoms with Gasteiger partial charge in [0, 0.05) is 12.7 Å². The van der Waals surface area contributed by atoms with E-state index in [2.05, 4.69) is 20.3 Å². The van der Waals surface area contributed by atoms with Crippen molar-refractivity contribution in [3.05, 3.63) is 18.6 Å². The molecular weight excluding hydrogens is 230 g/mol. The average molecular weight is 241 g/mol. The Morgan fingerprint density at radius 3 is 3.00 bits per heavy atom. The Kier molecular flexibility index (Phi) is 2.75. The number of fused-ring (bicyclic) bond motifs is 1. The second kappa shape index (κ2) is 4.06. The second-order valence-electron chi connectivity index (χ2n) is 3.26. The Hall–Kier alpha value is -1.67. The van der Waals surface area contributed by atoms with Crippen molar-refractivity contribution in [1.29, 1.82) is 0 Å². The summed E-state index contributed by atoms with van der Waals surface area (Å²) >= 11 is 0. The summed E-state index contributed by atoms with van der Waals surface area (Å²) in [5, 5.41) is 8.60. The van der Waals surface area contributed by atoms with E-state index in [1.54, 1.807) is 6.20 Å². The molecule has 0 atom stereocenters. The Bertz CT molecular complexity index is 591. The van der Waals surface area contributed by atoms with E-state index in [4.69, 9.17) is 5.14 Å². The van der Waals surface area contributed by atoms with Crippen molar-refractivity contribution in [3.63, 3.8) is 0 Å². The van der Waals surface area contributed by atoms with Crippen LogP contribution in [0.25, 0.3) is 11.0 Å². The molecule has 0 spiro atoms. The van der Waals surface area contributed by atoms with Gasteiger partial charge in [-0.05, 0) is 6.07 Å². The number of sulfonamides is 1. The topological polar surface area (TPSA) is 114 Å². The highest BCUT2D eigenvalue weighted by molar-refractivity contribution is 7.89. The van der Waals surface area contributed by atoms with Crippen LogP contribution in [0, 0.1) is 0 Å². The van der Waals surface area contributed by atoms with Crippen LogP contribution >= 0.6 is 0 Å². The highest BCUT2D eigenvalue weighted by atomic mass is 32.2. The van der Waals surface area contributed by atoms with E-state index in [-0.39, 0.29) is 12.3 Å². The largest absolute Gasteiger partial charge is 0.368 e. The molecular formula is C8H11N5O2S. The normalized spacial score (nSPS) is 11.8. The molecule has 2 heterocycles. The predicted octanol–water partition coefficient (Wildman–Crippen LogP) is -0.342. The van der Waals surface area contributed by atoms with Gasteiger partial charge in [0.15, 0.2) is 0 Å². The van der Waals surface area contributed by atoms with Crippen molar-refractivity contribution in [1.82, 2.24) is 15.0 Å². The zero-order chi connectivity index (χ0) is 11.6. The highest BCUT2D eigenvalue weighted by Gasteiger charge is 2.05. The van der Waals surface area contributed by atoms with Gasteiger partial charge in [0.1, 0.15) is 17.8 Å². The molecule has 0 unspecified atom stereocenters. The minimum absolute atomic E-state index is 0.136. The van der Waals surface area contributed by atoms with Gasteiger partial charge < -0.3 is 10.3 Å². The maximum absolute atomic E-state index is 10.7. The van der Waals surface area contributed by atoms with Gasteiger partial charge in [-0.3, -0.25) is 0 Å². The molecule has 7 nitrogen and oxygen atoms in total. The Morgan fingerprint density at radius 1 is 1.44 bits per heavy atom. The van der Waals surface area contributed by atoms with Gasteiger partial charge in [-0.15, -0.1) is 0 Å². The fourth-order valence-electron chi connectivity index (χ4n) is 1.32. The SMILES string of the molecule is NS(=O)(=O)CCNc1ncnc2[nH]ccc12. The van der Waals surface area contributed by atoms with E-state index in [0.29, 0.717) is 11.5 Å². The van der Waals surface area contributed by atoms with Gasteiger partial charge in [-0.25, -0.2) is 23.5 Å². The second-order valence-corrected chi connectivity index (χ2v) is 4.99. The summed E-state index contributed by atoms with van der Waals surface area (Å²) in [6, 6.07) is 1.81. The van der Waals surface area contributed by atoms with Crippen LogP contribution in [0.5, 0.6) is 0 Å². The molecule has 4 N–H and O–H groups in total. The molecule has 0 saturated carbocycles. The van der Waals surface area contributed by atoms with Gasteiger partial charge in [-0.1, -0.05) is 0 Å². The Labute approximate surface area is 92.1 Å². The quantitative estimate of drug-likeness (QED) is 0.677. The number of rotatable bonds is 4. The first-order valence-corrected chi connectivity index (χ1v) is 6.30. The number of aromatic amines is 1. The first-order chi connectivity index (χ1) is 7.56. The van der Waals surface area contributed by atoms with Crippen LogP contribution in [-0.2, 0) is 10.0 Å². The van der Waals surface area contributed by atoms with E-state index in [1.165, 1.54) is 6.33 Å². The van der Waals surface area contributed by atoms with E-state index in [0.717, 1.165) is 5.39 Å². The summed E-state index contributed by atoms with van der Waals surface area (Å²) in [5.41, 5.74) is 0.702.